The fraction of sp³-hybridized carbons (Fsp3) is 0.182. The van der Waals surface area contributed by atoms with Gasteiger partial charge in [-0.15, -0.1) is 6.58 Å². The molecule has 0 fully saturated rings. The molecule has 0 bridgehead atoms. The Bertz CT molecular complexity index is 964. The summed E-state index contributed by atoms with van der Waals surface area (Å²) in [5.41, 5.74) is 2.75. The second-order valence-electron chi connectivity index (χ2n) is 6.30. The molecule has 0 atom stereocenters. The van der Waals surface area contributed by atoms with Gasteiger partial charge in [-0.1, -0.05) is 35.9 Å². The van der Waals surface area contributed by atoms with Crippen LogP contribution in [0.5, 0.6) is 5.75 Å². The van der Waals surface area contributed by atoms with Gasteiger partial charge in [0.2, 0.25) is 0 Å². The number of amides is 2. The minimum absolute atomic E-state index is 0.137. The summed E-state index contributed by atoms with van der Waals surface area (Å²) in [5, 5.41) is 3.66. The van der Waals surface area contributed by atoms with Gasteiger partial charge in [0.05, 0.1) is 12.2 Å². The molecule has 144 valence electrons. The van der Waals surface area contributed by atoms with Gasteiger partial charge in [-0.25, -0.2) is 0 Å². The number of nitrogens with one attached hydrogen (secondary N) is 1. The number of carbonyl (C=O) groups excluding carboxylic acids is 2. The molecule has 0 spiro atoms. The quantitative estimate of drug-likeness (QED) is 0.555. The molecule has 0 radical (unpaired) electrons. The topological polar surface area (TPSA) is 58.6 Å². The minimum Gasteiger partial charge on any atom is -0.494 e. The van der Waals surface area contributed by atoms with E-state index in [-0.39, 0.29) is 18.1 Å². The molecule has 1 heterocycles. The lowest BCUT2D eigenvalue weighted by Crippen LogP contribution is -2.32. The molecular formula is C22H21ClN2O3. The molecular weight excluding hydrogens is 376 g/mol. The molecule has 28 heavy (non-hydrogen) atoms. The first-order chi connectivity index (χ1) is 13.5. The van der Waals surface area contributed by atoms with E-state index < -0.39 is 5.91 Å². The SMILES string of the molecule is C=CCN1C(=O)C(Nc2cc(Cl)ccc2C)=C(c2ccc(OCC)cc2)C1=O. The number of anilines is 1. The van der Waals surface area contributed by atoms with Crippen LogP contribution in [0.3, 0.4) is 0 Å². The Hall–Kier alpha value is -3.05. The highest BCUT2D eigenvalue weighted by atomic mass is 35.5. The van der Waals surface area contributed by atoms with Gasteiger partial charge >= 0.3 is 0 Å². The average Bonchev–Trinajstić information content (AvgIpc) is 2.90. The van der Waals surface area contributed by atoms with E-state index in [0.29, 0.717) is 34.2 Å². The average molecular weight is 397 g/mol. The number of carbonyl (C=O) groups is 2. The molecule has 1 N–H and O–H groups in total. The zero-order valence-electron chi connectivity index (χ0n) is 15.8. The van der Waals surface area contributed by atoms with Gasteiger partial charge in [-0.05, 0) is 49.2 Å². The summed E-state index contributed by atoms with van der Waals surface area (Å²) < 4.78 is 5.46. The van der Waals surface area contributed by atoms with Crippen LogP contribution >= 0.6 is 11.6 Å². The standard InChI is InChI=1S/C22H21ClN2O3/c1-4-12-25-21(26)19(15-7-10-17(11-8-15)28-5-2)20(22(25)27)24-18-13-16(23)9-6-14(18)3/h4,6-11,13,24H,1,5,12H2,2-3H3. The predicted molar refractivity (Wildman–Crippen MR) is 111 cm³/mol. The van der Waals surface area contributed by atoms with Crippen molar-refractivity contribution in [1.82, 2.24) is 4.90 Å². The van der Waals surface area contributed by atoms with Crippen molar-refractivity contribution in [3.8, 4) is 5.75 Å². The summed E-state index contributed by atoms with van der Waals surface area (Å²) in [6.45, 7) is 8.13. The lowest BCUT2D eigenvalue weighted by atomic mass is 10.0. The molecule has 5 nitrogen and oxygen atoms in total. The van der Waals surface area contributed by atoms with Crippen molar-refractivity contribution >= 4 is 34.7 Å². The fourth-order valence-electron chi connectivity index (χ4n) is 3.00. The highest BCUT2D eigenvalue weighted by Gasteiger charge is 2.38. The number of hydrogen-bond acceptors (Lipinski definition) is 4. The van der Waals surface area contributed by atoms with E-state index in [1.165, 1.54) is 11.0 Å². The monoisotopic (exact) mass is 396 g/mol. The molecule has 1 aliphatic rings. The zero-order chi connectivity index (χ0) is 20.3. The van der Waals surface area contributed by atoms with Crippen molar-refractivity contribution in [2.75, 3.05) is 18.5 Å². The summed E-state index contributed by atoms with van der Waals surface area (Å²) in [5.74, 6) is -0.0591. The minimum atomic E-state index is -0.395. The van der Waals surface area contributed by atoms with Gasteiger partial charge in [-0.3, -0.25) is 14.5 Å². The molecule has 1 aliphatic heterocycles. The van der Waals surface area contributed by atoms with Crippen LogP contribution in [0.1, 0.15) is 18.1 Å². The number of nitrogens with zero attached hydrogens (tertiary/aromatic N) is 1. The van der Waals surface area contributed by atoms with E-state index in [4.69, 9.17) is 16.3 Å². The van der Waals surface area contributed by atoms with Crippen LogP contribution in [-0.2, 0) is 9.59 Å². The van der Waals surface area contributed by atoms with Gasteiger partial charge in [0.1, 0.15) is 11.4 Å². The molecule has 6 heteroatoms. The van der Waals surface area contributed by atoms with Crippen molar-refractivity contribution in [3.05, 3.63) is 77.0 Å². The number of aryl methyl sites for hydroxylation is 1. The van der Waals surface area contributed by atoms with Crippen molar-refractivity contribution in [1.29, 1.82) is 0 Å². The van der Waals surface area contributed by atoms with Gasteiger partial charge in [0.25, 0.3) is 11.8 Å². The van der Waals surface area contributed by atoms with Gasteiger partial charge in [0.15, 0.2) is 0 Å². The number of hydrogen-bond donors (Lipinski definition) is 1. The number of rotatable bonds is 7. The largest absolute Gasteiger partial charge is 0.494 e. The van der Waals surface area contributed by atoms with Crippen LogP contribution in [0.25, 0.3) is 5.57 Å². The number of halogens is 1. The van der Waals surface area contributed by atoms with Crippen molar-refractivity contribution in [2.24, 2.45) is 0 Å². The second-order valence-corrected chi connectivity index (χ2v) is 6.74. The maximum absolute atomic E-state index is 13.0. The van der Waals surface area contributed by atoms with Crippen LogP contribution in [0.15, 0.2) is 60.8 Å². The summed E-state index contributed by atoms with van der Waals surface area (Å²) in [6.07, 6.45) is 1.53. The van der Waals surface area contributed by atoms with Crippen molar-refractivity contribution < 1.29 is 14.3 Å². The molecule has 2 amide bonds. The van der Waals surface area contributed by atoms with E-state index in [2.05, 4.69) is 11.9 Å². The lowest BCUT2D eigenvalue weighted by molar-refractivity contribution is -0.136. The number of imide groups is 1. The van der Waals surface area contributed by atoms with Gasteiger partial charge < -0.3 is 10.1 Å². The molecule has 0 aromatic heterocycles. The van der Waals surface area contributed by atoms with E-state index in [9.17, 15) is 9.59 Å². The molecule has 2 aromatic carbocycles. The third-order valence-corrected chi connectivity index (χ3v) is 4.63. The molecule has 0 unspecified atom stereocenters. The number of benzene rings is 2. The summed E-state index contributed by atoms with van der Waals surface area (Å²) in [6, 6.07) is 12.5. The Balaban J connectivity index is 2.07. The smallest absolute Gasteiger partial charge is 0.278 e. The Morgan fingerprint density at radius 2 is 1.86 bits per heavy atom. The lowest BCUT2D eigenvalue weighted by Gasteiger charge is -2.13. The Labute approximate surface area is 169 Å². The first-order valence-corrected chi connectivity index (χ1v) is 9.31. The third kappa shape index (κ3) is 3.80. The molecule has 0 saturated heterocycles. The Morgan fingerprint density at radius 1 is 1.14 bits per heavy atom. The fourth-order valence-corrected chi connectivity index (χ4v) is 3.17. The highest BCUT2D eigenvalue weighted by Crippen LogP contribution is 2.32. The van der Waals surface area contributed by atoms with Crippen molar-refractivity contribution in [3.63, 3.8) is 0 Å². The van der Waals surface area contributed by atoms with Crippen LogP contribution in [-0.4, -0.2) is 29.9 Å². The first kappa shape index (κ1) is 19.7. The van der Waals surface area contributed by atoms with Crippen LogP contribution < -0.4 is 10.1 Å². The van der Waals surface area contributed by atoms with Crippen LogP contribution in [0.2, 0.25) is 5.02 Å². The van der Waals surface area contributed by atoms with E-state index in [1.54, 1.807) is 36.4 Å². The first-order valence-electron chi connectivity index (χ1n) is 8.94. The normalized spacial score (nSPS) is 13.9. The molecule has 0 saturated carbocycles. The van der Waals surface area contributed by atoms with Crippen LogP contribution in [0.4, 0.5) is 5.69 Å². The Kier molecular flexibility index (Phi) is 5.85. The highest BCUT2D eigenvalue weighted by molar-refractivity contribution is 6.36. The maximum atomic E-state index is 13.0. The zero-order valence-corrected chi connectivity index (χ0v) is 16.5. The van der Waals surface area contributed by atoms with E-state index in [1.807, 2.05) is 19.9 Å². The van der Waals surface area contributed by atoms with Gasteiger partial charge in [-0.2, -0.15) is 0 Å². The summed E-state index contributed by atoms with van der Waals surface area (Å²) in [4.78, 5) is 27.1. The number of ether oxygens (including phenoxy) is 1. The van der Waals surface area contributed by atoms with Crippen LogP contribution in [0, 0.1) is 6.92 Å². The molecule has 3 rings (SSSR count). The molecule has 0 aliphatic carbocycles. The predicted octanol–water partition coefficient (Wildman–Crippen LogP) is 4.43. The Morgan fingerprint density at radius 3 is 2.50 bits per heavy atom. The maximum Gasteiger partial charge on any atom is 0.278 e. The summed E-state index contributed by atoms with van der Waals surface area (Å²) in [7, 11) is 0. The molecule has 2 aromatic rings. The van der Waals surface area contributed by atoms with Crippen molar-refractivity contribution in [2.45, 2.75) is 13.8 Å². The third-order valence-electron chi connectivity index (χ3n) is 4.39. The van der Waals surface area contributed by atoms with E-state index in [0.717, 1.165) is 5.56 Å². The van der Waals surface area contributed by atoms with E-state index >= 15 is 0 Å². The second kappa shape index (κ2) is 8.31. The van der Waals surface area contributed by atoms with Gasteiger partial charge in [0, 0.05) is 17.3 Å². The summed E-state index contributed by atoms with van der Waals surface area (Å²) >= 11 is 6.10.